The summed E-state index contributed by atoms with van der Waals surface area (Å²) in [5, 5.41) is 13.0. The SMILES string of the molecule is O=C(O)c1ccc(Cl)c(-c2ccon2)c1Cl. The molecule has 0 unspecified atom stereocenters. The number of carboxylic acids is 1. The molecule has 0 aliphatic carbocycles. The maximum atomic E-state index is 10.9. The van der Waals surface area contributed by atoms with Gasteiger partial charge in [-0.25, -0.2) is 4.79 Å². The molecular formula is C10H5Cl2NO3. The average molecular weight is 258 g/mol. The molecule has 1 N–H and O–H groups in total. The molecule has 4 nitrogen and oxygen atoms in total. The first kappa shape index (κ1) is 11.0. The van der Waals surface area contributed by atoms with Crippen molar-refractivity contribution >= 4 is 29.2 Å². The molecule has 0 saturated heterocycles. The predicted molar refractivity (Wildman–Crippen MR) is 58.9 cm³/mol. The molecule has 1 heterocycles. The molecule has 1 aromatic carbocycles. The molecular weight excluding hydrogens is 253 g/mol. The molecule has 0 atom stereocenters. The zero-order chi connectivity index (χ0) is 11.7. The van der Waals surface area contributed by atoms with E-state index in [1.165, 1.54) is 18.4 Å². The van der Waals surface area contributed by atoms with Crippen LogP contribution in [0.3, 0.4) is 0 Å². The second-order valence-electron chi connectivity index (χ2n) is 2.97. The van der Waals surface area contributed by atoms with Crippen LogP contribution in [0.2, 0.25) is 10.0 Å². The van der Waals surface area contributed by atoms with Crippen molar-refractivity contribution in [1.29, 1.82) is 0 Å². The third-order valence-corrected chi connectivity index (χ3v) is 2.72. The number of nitrogens with zero attached hydrogens (tertiary/aromatic N) is 1. The van der Waals surface area contributed by atoms with Crippen molar-refractivity contribution in [1.82, 2.24) is 5.16 Å². The van der Waals surface area contributed by atoms with Crippen LogP contribution >= 0.6 is 23.2 Å². The van der Waals surface area contributed by atoms with Gasteiger partial charge in [0.2, 0.25) is 0 Å². The number of hydrogen-bond donors (Lipinski definition) is 1. The van der Waals surface area contributed by atoms with E-state index in [-0.39, 0.29) is 10.6 Å². The Bertz CT molecular complexity index is 537. The van der Waals surface area contributed by atoms with Gasteiger partial charge in [-0.15, -0.1) is 0 Å². The van der Waals surface area contributed by atoms with Gasteiger partial charge in [-0.1, -0.05) is 28.4 Å². The molecule has 1 aromatic heterocycles. The lowest BCUT2D eigenvalue weighted by Crippen LogP contribution is -1.98. The first-order valence-corrected chi connectivity index (χ1v) is 4.99. The molecule has 0 bridgehead atoms. The van der Waals surface area contributed by atoms with Crippen molar-refractivity contribution < 1.29 is 14.4 Å². The van der Waals surface area contributed by atoms with Crippen LogP contribution in [0.25, 0.3) is 11.3 Å². The summed E-state index contributed by atoms with van der Waals surface area (Å²) in [4.78, 5) is 10.9. The predicted octanol–water partition coefficient (Wildman–Crippen LogP) is 3.35. The maximum Gasteiger partial charge on any atom is 0.337 e. The van der Waals surface area contributed by atoms with Crippen molar-refractivity contribution in [2.75, 3.05) is 0 Å². The number of carboxylic acid groups (broad SMARTS) is 1. The van der Waals surface area contributed by atoms with Crippen LogP contribution < -0.4 is 0 Å². The second-order valence-corrected chi connectivity index (χ2v) is 3.76. The van der Waals surface area contributed by atoms with Gasteiger partial charge >= 0.3 is 5.97 Å². The van der Waals surface area contributed by atoms with Gasteiger partial charge in [0, 0.05) is 11.6 Å². The summed E-state index contributed by atoms with van der Waals surface area (Å²) in [6, 6.07) is 4.36. The molecule has 16 heavy (non-hydrogen) atoms. The quantitative estimate of drug-likeness (QED) is 0.897. The minimum absolute atomic E-state index is 0.0240. The number of benzene rings is 1. The number of hydrogen-bond acceptors (Lipinski definition) is 3. The highest BCUT2D eigenvalue weighted by Gasteiger charge is 2.18. The molecule has 0 amide bonds. The van der Waals surface area contributed by atoms with Crippen molar-refractivity contribution in [2.24, 2.45) is 0 Å². The zero-order valence-corrected chi connectivity index (χ0v) is 9.29. The van der Waals surface area contributed by atoms with Gasteiger partial charge < -0.3 is 9.63 Å². The Morgan fingerprint density at radius 2 is 2.06 bits per heavy atom. The Morgan fingerprint density at radius 3 is 2.62 bits per heavy atom. The van der Waals surface area contributed by atoms with E-state index in [1.807, 2.05) is 0 Å². The van der Waals surface area contributed by atoms with Crippen LogP contribution in [-0.2, 0) is 0 Å². The Labute approximate surface area is 100 Å². The lowest BCUT2D eigenvalue weighted by molar-refractivity contribution is 0.0697. The molecule has 0 radical (unpaired) electrons. The average Bonchev–Trinajstić information content (AvgIpc) is 2.70. The number of rotatable bonds is 2. The van der Waals surface area contributed by atoms with Gasteiger partial charge in [-0.2, -0.15) is 0 Å². The Kier molecular flexibility index (Phi) is 2.85. The third-order valence-electron chi connectivity index (χ3n) is 2.02. The fourth-order valence-electron chi connectivity index (χ4n) is 1.29. The van der Waals surface area contributed by atoms with Crippen LogP contribution in [0.15, 0.2) is 29.0 Å². The van der Waals surface area contributed by atoms with Crippen LogP contribution in [0.4, 0.5) is 0 Å². The van der Waals surface area contributed by atoms with Crippen molar-refractivity contribution in [2.45, 2.75) is 0 Å². The van der Waals surface area contributed by atoms with Gasteiger partial charge in [0.05, 0.1) is 15.6 Å². The van der Waals surface area contributed by atoms with E-state index in [2.05, 4.69) is 9.68 Å². The molecule has 0 saturated carbocycles. The van der Waals surface area contributed by atoms with Gasteiger partial charge in [0.15, 0.2) is 0 Å². The van der Waals surface area contributed by atoms with Crippen LogP contribution in [0, 0.1) is 0 Å². The topological polar surface area (TPSA) is 63.3 Å². The van der Waals surface area contributed by atoms with E-state index in [0.717, 1.165) is 0 Å². The minimum Gasteiger partial charge on any atom is -0.478 e. The van der Waals surface area contributed by atoms with Gasteiger partial charge in [0.25, 0.3) is 0 Å². The van der Waals surface area contributed by atoms with E-state index < -0.39 is 5.97 Å². The third kappa shape index (κ3) is 1.77. The monoisotopic (exact) mass is 257 g/mol. The Morgan fingerprint density at radius 1 is 1.31 bits per heavy atom. The summed E-state index contributed by atoms with van der Waals surface area (Å²) in [5.41, 5.74) is 0.735. The van der Waals surface area contributed by atoms with Gasteiger partial charge in [-0.3, -0.25) is 0 Å². The van der Waals surface area contributed by atoms with E-state index in [1.54, 1.807) is 6.07 Å². The van der Waals surface area contributed by atoms with E-state index >= 15 is 0 Å². The van der Waals surface area contributed by atoms with Crippen molar-refractivity contribution in [3.63, 3.8) is 0 Å². The van der Waals surface area contributed by atoms with E-state index in [0.29, 0.717) is 16.3 Å². The molecule has 6 heteroatoms. The standard InChI is InChI=1S/C10H5Cl2NO3/c11-6-2-1-5(10(14)15)9(12)8(6)7-3-4-16-13-7/h1-4H,(H,14,15). The normalized spacial score (nSPS) is 10.4. The summed E-state index contributed by atoms with van der Waals surface area (Å²) in [7, 11) is 0. The molecule has 0 aliphatic rings. The van der Waals surface area contributed by atoms with Crippen LogP contribution in [0.5, 0.6) is 0 Å². The summed E-state index contributed by atoms with van der Waals surface area (Å²) in [6.45, 7) is 0. The fourth-order valence-corrected chi connectivity index (χ4v) is 1.94. The summed E-state index contributed by atoms with van der Waals surface area (Å²) in [6.07, 6.45) is 1.36. The highest BCUT2D eigenvalue weighted by atomic mass is 35.5. The molecule has 82 valence electrons. The summed E-state index contributed by atoms with van der Waals surface area (Å²) < 4.78 is 4.66. The highest BCUT2D eigenvalue weighted by molar-refractivity contribution is 6.40. The molecule has 0 fully saturated rings. The molecule has 0 aliphatic heterocycles. The minimum atomic E-state index is -1.12. The lowest BCUT2D eigenvalue weighted by Gasteiger charge is -2.06. The number of aromatic carboxylic acids is 1. The smallest absolute Gasteiger partial charge is 0.337 e. The Balaban J connectivity index is 2.69. The molecule has 2 rings (SSSR count). The first-order valence-electron chi connectivity index (χ1n) is 4.23. The van der Waals surface area contributed by atoms with Crippen LogP contribution in [-0.4, -0.2) is 16.2 Å². The van der Waals surface area contributed by atoms with E-state index in [9.17, 15) is 4.79 Å². The van der Waals surface area contributed by atoms with Crippen molar-refractivity contribution in [3.05, 3.63) is 40.1 Å². The lowest BCUT2D eigenvalue weighted by atomic mass is 10.1. The summed E-state index contributed by atoms with van der Waals surface area (Å²) >= 11 is 11.9. The maximum absolute atomic E-state index is 10.9. The Hall–Kier alpha value is -1.52. The zero-order valence-electron chi connectivity index (χ0n) is 7.78. The van der Waals surface area contributed by atoms with Crippen molar-refractivity contribution in [3.8, 4) is 11.3 Å². The molecule has 0 spiro atoms. The molecule has 2 aromatic rings. The first-order chi connectivity index (χ1) is 7.61. The number of halogens is 2. The number of carbonyl (C=O) groups is 1. The second kappa shape index (κ2) is 4.15. The highest BCUT2D eigenvalue weighted by Crippen LogP contribution is 2.35. The van der Waals surface area contributed by atoms with Gasteiger partial charge in [0.1, 0.15) is 12.0 Å². The van der Waals surface area contributed by atoms with E-state index in [4.69, 9.17) is 28.3 Å². The van der Waals surface area contributed by atoms with Crippen LogP contribution in [0.1, 0.15) is 10.4 Å². The fraction of sp³-hybridized carbons (Fsp3) is 0. The summed E-state index contributed by atoms with van der Waals surface area (Å²) in [5.74, 6) is -1.12. The number of aromatic nitrogens is 1. The largest absolute Gasteiger partial charge is 0.478 e. The van der Waals surface area contributed by atoms with Gasteiger partial charge in [-0.05, 0) is 12.1 Å².